The van der Waals surface area contributed by atoms with Crippen LogP contribution in [0.2, 0.25) is 0 Å². The maximum Gasteiger partial charge on any atom is 0.0959 e. The zero-order valence-corrected chi connectivity index (χ0v) is 9.57. The van der Waals surface area contributed by atoms with Crippen molar-refractivity contribution < 1.29 is 0 Å². The zero-order valence-electron chi connectivity index (χ0n) is 8.75. The summed E-state index contributed by atoms with van der Waals surface area (Å²) in [6.07, 6.45) is 6.92. The van der Waals surface area contributed by atoms with Crippen LogP contribution in [0, 0.1) is 0 Å². The Balaban J connectivity index is 2.00. The van der Waals surface area contributed by atoms with E-state index in [4.69, 9.17) is 0 Å². The van der Waals surface area contributed by atoms with Gasteiger partial charge in [0.15, 0.2) is 0 Å². The van der Waals surface area contributed by atoms with Crippen LogP contribution >= 0.6 is 11.3 Å². The molecule has 0 saturated heterocycles. The molecule has 0 radical (unpaired) electrons. The zero-order chi connectivity index (χ0) is 9.80. The van der Waals surface area contributed by atoms with Crippen molar-refractivity contribution in [1.82, 2.24) is 10.3 Å². The van der Waals surface area contributed by atoms with Crippen molar-refractivity contribution in [3.63, 3.8) is 0 Å². The number of hydrogen-bond acceptors (Lipinski definition) is 3. The smallest absolute Gasteiger partial charge is 0.0959 e. The highest BCUT2D eigenvalue weighted by atomic mass is 32.1. The van der Waals surface area contributed by atoms with E-state index >= 15 is 0 Å². The van der Waals surface area contributed by atoms with Gasteiger partial charge in [-0.1, -0.05) is 19.3 Å². The first-order chi connectivity index (χ1) is 6.90. The standard InChI is InChI=1S/C11H18N2S/c1-12-7-10-8-14-11(13-10)9-5-3-2-4-6-9/h8-9,12H,2-7H2,1H3. The Morgan fingerprint density at radius 1 is 1.43 bits per heavy atom. The van der Waals surface area contributed by atoms with E-state index < -0.39 is 0 Å². The molecule has 0 atom stereocenters. The van der Waals surface area contributed by atoms with E-state index in [0.29, 0.717) is 0 Å². The number of nitrogens with one attached hydrogen (secondary N) is 1. The van der Waals surface area contributed by atoms with Gasteiger partial charge in [-0.2, -0.15) is 0 Å². The van der Waals surface area contributed by atoms with Gasteiger partial charge in [-0.05, 0) is 19.9 Å². The van der Waals surface area contributed by atoms with Gasteiger partial charge in [-0.3, -0.25) is 0 Å². The lowest BCUT2D eigenvalue weighted by molar-refractivity contribution is 0.442. The summed E-state index contributed by atoms with van der Waals surface area (Å²) in [5.74, 6) is 0.763. The molecule has 1 aliphatic rings. The Labute approximate surface area is 89.8 Å². The largest absolute Gasteiger partial charge is 0.314 e. The van der Waals surface area contributed by atoms with Crippen molar-refractivity contribution in [3.05, 3.63) is 16.1 Å². The van der Waals surface area contributed by atoms with Crippen LogP contribution in [0.5, 0.6) is 0 Å². The second-order valence-corrected chi connectivity index (χ2v) is 4.93. The molecule has 0 bridgehead atoms. The number of hydrogen-bond donors (Lipinski definition) is 1. The summed E-state index contributed by atoms with van der Waals surface area (Å²) in [5.41, 5.74) is 1.21. The van der Waals surface area contributed by atoms with Gasteiger partial charge in [0, 0.05) is 17.8 Å². The lowest BCUT2D eigenvalue weighted by Crippen LogP contribution is -2.07. The van der Waals surface area contributed by atoms with E-state index in [9.17, 15) is 0 Å². The van der Waals surface area contributed by atoms with E-state index in [0.717, 1.165) is 12.5 Å². The van der Waals surface area contributed by atoms with E-state index in [1.807, 2.05) is 18.4 Å². The molecular formula is C11H18N2S. The lowest BCUT2D eigenvalue weighted by atomic mass is 9.90. The molecule has 0 unspecified atom stereocenters. The molecule has 0 spiro atoms. The molecule has 1 heterocycles. The molecule has 2 nitrogen and oxygen atoms in total. The van der Waals surface area contributed by atoms with Crippen LogP contribution in [0.4, 0.5) is 0 Å². The number of rotatable bonds is 3. The number of aromatic nitrogens is 1. The van der Waals surface area contributed by atoms with E-state index in [1.54, 1.807) is 0 Å². The Morgan fingerprint density at radius 3 is 2.93 bits per heavy atom. The van der Waals surface area contributed by atoms with Gasteiger partial charge >= 0.3 is 0 Å². The summed E-state index contributed by atoms with van der Waals surface area (Å²) >= 11 is 1.84. The highest BCUT2D eigenvalue weighted by Gasteiger charge is 2.18. The van der Waals surface area contributed by atoms with Gasteiger partial charge in [0.25, 0.3) is 0 Å². The van der Waals surface area contributed by atoms with Crippen molar-refractivity contribution in [2.75, 3.05) is 7.05 Å². The van der Waals surface area contributed by atoms with Crippen molar-refractivity contribution in [3.8, 4) is 0 Å². The first-order valence-electron chi connectivity index (χ1n) is 5.49. The molecule has 0 aromatic carbocycles. The van der Waals surface area contributed by atoms with Gasteiger partial charge in [0.1, 0.15) is 0 Å². The molecule has 1 saturated carbocycles. The lowest BCUT2D eigenvalue weighted by Gasteiger charge is -2.18. The second-order valence-electron chi connectivity index (χ2n) is 4.04. The van der Waals surface area contributed by atoms with Crippen molar-refractivity contribution >= 4 is 11.3 Å². The molecule has 3 heteroatoms. The van der Waals surface area contributed by atoms with Gasteiger partial charge in [-0.15, -0.1) is 11.3 Å². The predicted octanol–water partition coefficient (Wildman–Crippen LogP) is 2.91. The molecule has 1 N–H and O–H groups in total. The summed E-state index contributed by atoms with van der Waals surface area (Å²) < 4.78 is 0. The van der Waals surface area contributed by atoms with Crippen molar-refractivity contribution in [2.45, 2.75) is 44.6 Å². The fourth-order valence-electron chi connectivity index (χ4n) is 2.12. The van der Waals surface area contributed by atoms with Crippen LogP contribution in [-0.2, 0) is 6.54 Å². The Hall–Kier alpha value is -0.410. The quantitative estimate of drug-likeness (QED) is 0.829. The second kappa shape index (κ2) is 4.89. The predicted molar refractivity (Wildman–Crippen MR) is 60.7 cm³/mol. The van der Waals surface area contributed by atoms with Crippen LogP contribution in [0.25, 0.3) is 0 Å². The van der Waals surface area contributed by atoms with E-state index in [2.05, 4.69) is 15.7 Å². The number of thiazole rings is 1. The van der Waals surface area contributed by atoms with Crippen LogP contribution in [-0.4, -0.2) is 12.0 Å². The third-order valence-electron chi connectivity index (χ3n) is 2.88. The van der Waals surface area contributed by atoms with Crippen LogP contribution < -0.4 is 5.32 Å². The van der Waals surface area contributed by atoms with Crippen molar-refractivity contribution in [2.24, 2.45) is 0 Å². The minimum atomic E-state index is 0.763. The van der Waals surface area contributed by atoms with Gasteiger partial charge < -0.3 is 5.32 Å². The molecular weight excluding hydrogens is 192 g/mol. The van der Waals surface area contributed by atoms with Crippen LogP contribution in [0.1, 0.15) is 48.7 Å². The molecule has 1 fully saturated rings. The Kier molecular flexibility index (Phi) is 3.54. The Bertz CT molecular complexity index is 277. The molecule has 1 aliphatic carbocycles. The van der Waals surface area contributed by atoms with Gasteiger partial charge in [0.05, 0.1) is 10.7 Å². The summed E-state index contributed by atoms with van der Waals surface area (Å²) in [4.78, 5) is 4.68. The third-order valence-corrected chi connectivity index (χ3v) is 3.94. The van der Waals surface area contributed by atoms with Gasteiger partial charge in [-0.25, -0.2) is 4.98 Å². The molecule has 1 aromatic rings. The highest BCUT2D eigenvalue weighted by molar-refractivity contribution is 7.09. The fourth-order valence-corrected chi connectivity index (χ4v) is 3.11. The fraction of sp³-hybridized carbons (Fsp3) is 0.727. The summed E-state index contributed by atoms with van der Waals surface area (Å²) in [6.45, 7) is 0.906. The first kappa shape index (κ1) is 10.1. The minimum Gasteiger partial charge on any atom is -0.314 e. The maximum absolute atomic E-state index is 4.68. The maximum atomic E-state index is 4.68. The molecule has 0 amide bonds. The van der Waals surface area contributed by atoms with Crippen LogP contribution in [0.15, 0.2) is 5.38 Å². The Morgan fingerprint density at radius 2 is 2.21 bits per heavy atom. The molecule has 14 heavy (non-hydrogen) atoms. The van der Waals surface area contributed by atoms with Gasteiger partial charge in [0.2, 0.25) is 0 Å². The summed E-state index contributed by atoms with van der Waals surface area (Å²) in [6, 6.07) is 0. The summed E-state index contributed by atoms with van der Waals surface area (Å²) in [7, 11) is 1.97. The topological polar surface area (TPSA) is 24.9 Å². The molecule has 2 rings (SSSR count). The molecule has 0 aliphatic heterocycles. The molecule has 1 aromatic heterocycles. The monoisotopic (exact) mass is 210 g/mol. The SMILES string of the molecule is CNCc1csc(C2CCCCC2)n1. The minimum absolute atomic E-state index is 0.763. The first-order valence-corrected chi connectivity index (χ1v) is 6.37. The third kappa shape index (κ3) is 2.34. The average molecular weight is 210 g/mol. The van der Waals surface area contributed by atoms with Crippen LogP contribution in [0.3, 0.4) is 0 Å². The van der Waals surface area contributed by atoms with E-state index in [-0.39, 0.29) is 0 Å². The molecule has 78 valence electrons. The summed E-state index contributed by atoms with van der Waals surface area (Å²) in [5, 5.41) is 6.71. The normalized spacial score (nSPS) is 18.6. The average Bonchev–Trinajstić information content (AvgIpc) is 2.68. The highest BCUT2D eigenvalue weighted by Crippen LogP contribution is 2.34. The van der Waals surface area contributed by atoms with Crippen molar-refractivity contribution in [1.29, 1.82) is 0 Å². The number of nitrogens with zero attached hydrogens (tertiary/aromatic N) is 1. The van der Waals surface area contributed by atoms with E-state index in [1.165, 1.54) is 42.8 Å².